The Morgan fingerprint density at radius 1 is 1.15 bits per heavy atom. The Labute approximate surface area is 191 Å². The lowest BCUT2D eigenvalue weighted by atomic mass is 9.98. The summed E-state index contributed by atoms with van der Waals surface area (Å²) in [5, 5.41) is 0.928. The van der Waals surface area contributed by atoms with E-state index in [4.69, 9.17) is 15.2 Å². The zero-order chi connectivity index (χ0) is 23.4. The van der Waals surface area contributed by atoms with E-state index in [0.29, 0.717) is 17.9 Å². The minimum absolute atomic E-state index is 0.0255. The summed E-state index contributed by atoms with van der Waals surface area (Å²) >= 11 is 0. The van der Waals surface area contributed by atoms with E-state index in [0.717, 1.165) is 27.6 Å². The molecule has 2 aromatic carbocycles. The van der Waals surface area contributed by atoms with Crippen LogP contribution in [-0.4, -0.2) is 22.1 Å². The number of rotatable bonds is 8. The molecule has 2 heterocycles. The van der Waals surface area contributed by atoms with Crippen LogP contribution in [0.3, 0.4) is 0 Å². The fourth-order valence-corrected chi connectivity index (χ4v) is 3.89. The number of nitrogens with two attached hydrogens (primary N) is 1. The highest BCUT2D eigenvalue weighted by molar-refractivity contribution is 5.96. The third-order valence-corrected chi connectivity index (χ3v) is 5.51. The summed E-state index contributed by atoms with van der Waals surface area (Å²) in [6.45, 7) is 2.39. The first kappa shape index (κ1) is 22.5. The molecule has 0 fully saturated rings. The molecule has 0 saturated carbocycles. The highest BCUT2D eigenvalue weighted by atomic mass is 19.1. The molecule has 170 valence electrons. The van der Waals surface area contributed by atoms with Crippen LogP contribution in [0.5, 0.6) is 5.75 Å². The van der Waals surface area contributed by atoms with Gasteiger partial charge in [-0.05, 0) is 48.4 Å². The maximum Gasteiger partial charge on any atom is 0.310 e. The van der Waals surface area contributed by atoms with Crippen LogP contribution < -0.4 is 10.5 Å². The van der Waals surface area contributed by atoms with Crippen molar-refractivity contribution in [1.82, 2.24) is 9.55 Å². The molecule has 0 radical (unpaired) electrons. The van der Waals surface area contributed by atoms with Crippen molar-refractivity contribution in [1.29, 1.82) is 0 Å². The van der Waals surface area contributed by atoms with Gasteiger partial charge in [-0.3, -0.25) is 9.78 Å². The SMILES string of the molecule is CCOC(=O)Cc1ccccc1OCc1cc(-c2ccnc(CN)c2F)c2ccn(C)c2c1. The van der Waals surface area contributed by atoms with Crippen molar-refractivity contribution in [2.24, 2.45) is 12.8 Å². The number of para-hydroxylation sites is 1. The van der Waals surface area contributed by atoms with Crippen molar-refractivity contribution < 1.29 is 18.7 Å². The smallest absolute Gasteiger partial charge is 0.310 e. The number of nitrogens with zero attached hydrogens (tertiary/aromatic N) is 2. The summed E-state index contributed by atoms with van der Waals surface area (Å²) < 4.78 is 28.2. The molecule has 0 aliphatic carbocycles. The van der Waals surface area contributed by atoms with Crippen LogP contribution >= 0.6 is 0 Å². The second-order valence-corrected chi connectivity index (χ2v) is 7.70. The van der Waals surface area contributed by atoms with Gasteiger partial charge in [0, 0.05) is 48.0 Å². The summed E-state index contributed by atoms with van der Waals surface area (Å²) in [6, 6.07) is 15.0. The van der Waals surface area contributed by atoms with Gasteiger partial charge in [-0.2, -0.15) is 0 Å². The number of carbonyl (C=O) groups excluding carboxylic acids is 1. The number of carbonyl (C=O) groups is 1. The van der Waals surface area contributed by atoms with E-state index in [9.17, 15) is 4.79 Å². The van der Waals surface area contributed by atoms with Gasteiger partial charge in [-0.25, -0.2) is 4.39 Å². The lowest BCUT2D eigenvalue weighted by Gasteiger charge is -2.14. The molecule has 4 rings (SSSR count). The van der Waals surface area contributed by atoms with Crippen LogP contribution in [0.25, 0.3) is 22.0 Å². The van der Waals surface area contributed by atoms with Crippen molar-refractivity contribution >= 4 is 16.9 Å². The molecule has 2 N–H and O–H groups in total. The Balaban J connectivity index is 1.68. The van der Waals surface area contributed by atoms with E-state index in [1.54, 1.807) is 19.2 Å². The van der Waals surface area contributed by atoms with Gasteiger partial charge in [0.05, 0.1) is 18.7 Å². The molecule has 33 heavy (non-hydrogen) atoms. The molecule has 0 bridgehead atoms. The van der Waals surface area contributed by atoms with Crippen molar-refractivity contribution in [2.45, 2.75) is 26.5 Å². The number of fused-ring (bicyclic) bond motifs is 1. The Morgan fingerprint density at radius 2 is 1.97 bits per heavy atom. The van der Waals surface area contributed by atoms with Crippen LogP contribution in [0.4, 0.5) is 4.39 Å². The number of aromatic nitrogens is 2. The molecular formula is C26H26FN3O3. The molecule has 0 aliphatic rings. The van der Waals surface area contributed by atoms with Crippen LogP contribution in [-0.2, 0) is 36.2 Å². The van der Waals surface area contributed by atoms with Gasteiger partial charge in [0.15, 0.2) is 5.82 Å². The van der Waals surface area contributed by atoms with E-state index in [1.807, 2.05) is 60.3 Å². The quantitative estimate of drug-likeness (QED) is 0.402. The van der Waals surface area contributed by atoms with Crippen molar-refractivity contribution in [3.05, 3.63) is 83.6 Å². The first-order valence-corrected chi connectivity index (χ1v) is 10.8. The number of ether oxygens (including phenoxy) is 2. The van der Waals surface area contributed by atoms with Gasteiger partial charge in [-0.15, -0.1) is 0 Å². The van der Waals surface area contributed by atoms with Crippen molar-refractivity contribution in [2.75, 3.05) is 6.61 Å². The minimum Gasteiger partial charge on any atom is -0.489 e. The summed E-state index contributed by atoms with van der Waals surface area (Å²) in [7, 11) is 1.94. The second-order valence-electron chi connectivity index (χ2n) is 7.70. The first-order valence-electron chi connectivity index (χ1n) is 10.8. The van der Waals surface area contributed by atoms with E-state index in [1.165, 1.54) is 0 Å². The molecule has 6 nitrogen and oxygen atoms in total. The number of benzene rings is 2. The number of halogens is 1. The molecule has 2 aromatic heterocycles. The van der Waals surface area contributed by atoms with Crippen LogP contribution in [0.1, 0.15) is 23.7 Å². The van der Waals surface area contributed by atoms with E-state index in [-0.39, 0.29) is 31.2 Å². The maximum atomic E-state index is 15.1. The summed E-state index contributed by atoms with van der Waals surface area (Å²) in [4.78, 5) is 16.0. The van der Waals surface area contributed by atoms with Gasteiger partial charge in [-0.1, -0.05) is 18.2 Å². The maximum absolute atomic E-state index is 15.1. The van der Waals surface area contributed by atoms with Gasteiger partial charge in [0.1, 0.15) is 12.4 Å². The van der Waals surface area contributed by atoms with Crippen molar-refractivity contribution in [3.63, 3.8) is 0 Å². The standard InChI is InChI=1S/C26H26FN3O3/c1-3-32-25(31)14-18-6-4-5-7-24(18)33-16-17-12-21(19-9-11-30(2)23(19)13-17)20-8-10-29-22(15-28)26(20)27/h4-13H,3,14-16,28H2,1-2H3. The van der Waals surface area contributed by atoms with E-state index >= 15 is 4.39 Å². The molecule has 7 heteroatoms. The monoisotopic (exact) mass is 447 g/mol. The Morgan fingerprint density at radius 3 is 2.76 bits per heavy atom. The molecule has 0 amide bonds. The zero-order valence-electron chi connectivity index (χ0n) is 18.7. The summed E-state index contributed by atoms with van der Waals surface area (Å²) in [6.07, 6.45) is 3.65. The average Bonchev–Trinajstić information content (AvgIpc) is 3.19. The fourth-order valence-electron chi connectivity index (χ4n) is 3.89. The van der Waals surface area contributed by atoms with Crippen LogP contribution in [0, 0.1) is 5.82 Å². The Kier molecular flexibility index (Phi) is 6.70. The minimum atomic E-state index is -0.414. The van der Waals surface area contributed by atoms with Gasteiger partial charge in [0.2, 0.25) is 0 Å². The van der Waals surface area contributed by atoms with E-state index < -0.39 is 5.82 Å². The molecule has 0 unspecified atom stereocenters. The normalized spacial score (nSPS) is 11.0. The Bertz CT molecular complexity index is 1300. The van der Waals surface area contributed by atoms with Gasteiger partial charge in [0.25, 0.3) is 0 Å². The van der Waals surface area contributed by atoms with Gasteiger partial charge < -0.3 is 19.8 Å². The lowest BCUT2D eigenvalue weighted by Crippen LogP contribution is -2.09. The number of hydrogen-bond donors (Lipinski definition) is 1. The average molecular weight is 448 g/mol. The lowest BCUT2D eigenvalue weighted by molar-refractivity contribution is -0.142. The highest BCUT2D eigenvalue weighted by Gasteiger charge is 2.16. The highest BCUT2D eigenvalue weighted by Crippen LogP contribution is 2.33. The molecule has 0 spiro atoms. The fraction of sp³-hybridized carbons (Fsp3) is 0.231. The predicted molar refractivity (Wildman–Crippen MR) is 125 cm³/mol. The zero-order valence-corrected chi connectivity index (χ0v) is 18.7. The number of hydrogen-bond acceptors (Lipinski definition) is 5. The molecule has 0 atom stereocenters. The van der Waals surface area contributed by atoms with Gasteiger partial charge >= 0.3 is 5.97 Å². The molecular weight excluding hydrogens is 421 g/mol. The Hall–Kier alpha value is -3.71. The number of aryl methyl sites for hydroxylation is 1. The number of pyridine rings is 1. The first-order chi connectivity index (χ1) is 16.0. The number of esters is 1. The second kappa shape index (κ2) is 9.83. The third kappa shape index (κ3) is 4.73. The van der Waals surface area contributed by atoms with Crippen LogP contribution in [0.2, 0.25) is 0 Å². The molecule has 0 aliphatic heterocycles. The summed E-state index contributed by atoms with van der Waals surface area (Å²) in [5.41, 5.74) is 9.67. The van der Waals surface area contributed by atoms with Crippen molar-refractivity contribution in [3.8, 4) is 16.9 Å². The van der Waals surface area contributed by atoms with E-state index in [2.05, 4.69) is 4.98 Å². The largest absolute Gasteiger partial charge is 0.489 e. The topological polar surface area (TPSA) is 79.4 Å². The third-order valence-electron chi connectivity index (χ3n) is 5.51. The molecule has 0 saturated heterocycles. The molecule has 4 aromatic rings. The van der Waals surface area contributed by atoms with Crippen LogP contribution in [0.15, 0.2) is 60.9 Å². The predicted octanol–water partition coefficient (Wildman–Crippen LogP) is 4.52. The summed E-state index contributed by atoms with van der Waals surface area (Å²) in [5.74, 6) is -0.104.